The van der Waals surface area contributed by atoms with Crippen molar-refractivity contribution >= 4 is 28.4 Å². The number of imide groups is 1. The Hall–Kier alpha value is -3.08. The molecule has 2 N–H and O–H groups in total. The van der Waals surface area contributed by atoms with Crippen molar-refractivity contribution in [2.75, 3.05) is 4.90 Å². The van der Waals surface area contributed by atoms with Crippen molar-refractivity contribution in [1.29, 1.82) is 0 Å². The lowest BCUT2D eigenvalue weighted by Gasteiger charge is -2.15. The Labute approximate surface area is 132 Å². The summed E-state index contributed by atoms with van der Waals surface area (Å²) < 4.78 is 0. The van der Waals surface area contributed by atoms with Crippen molar-refractivity contribution in [3.8, 4) is 5.75 Å². The highest BCUT2D eigenvalue weighted by Crippen LogP contribution is 2.37. The topological polar surface area (TPSA) is 73.4 Å². The summed E-state index contributed by atoms with van der Waals surface area (Å²) in [5, 5.41) is 10.5. The number of benzene rings is 2. The van der Waals surface area contributed by atoms with Crippen LogP contribution in [0, 0.1) is 0 Å². The summed E-state index contributed by atoms with van der Waals surface area (Å²) in [5.74, 6) is -0.985. The molecule has 1 aromatic heterocycles. The number of nitrogens with one attached hydrogen (secondary N) is 1. The van der Waals surface area contributed by atoms with Crippen LogP contribution in [0.5, 0.6) is 5.75 Å². The van der Waals surface area contributed by atoms with Crippen molar-refractivity contribution in [2.45, 2.75) is 12.3 Å². The lowest BCUT2D eigenvalue weighted by Crippen LogP contribution is -2.29. The second-order valence-corrected chi connectivity index (χ2v) is 5.63. The average molecular weight is 306 g/mol. The second kappa shape index (κ2) is 4.98. The van der Waals surface area contributed by atoms with E-state index in [1.165, 1.54) is 12.1 Å². The van der Waals surface area contributed by atoms with Crippen LogP contribution in [0.15, 0.2) is 54.7 Å². The van der Waals surface area contributed by atoms with Crippen LogP contribution in [0.1, 0.15) is 17.9 Å². The number of amides is 2. The number of phenols is 1. The van der Waals surface area contributed by atoms with Crippen LogP contribution in [0.25, 0.3) is 10.9 Å². The van der Waals surface area contributed by atoms with E-state index in [1.54, 1.807) is 18.3 Å². The molecule has 1 fully saturated rings. The summed E-state index contributed by atoms with van der Waals surface area (Å²) in [5.41, 5.74) is 2.18. The molecule has 1 unspecified atom stereocenters. The highest BCUT2D eigenvalue weighted by molar-refractivity contribution is 6.23. The SMILES string of the molecule is O=C1CC(c2c[nH]c3ccccc23)C(=O)N1c1cccc(O)c1. The first-order chi connectivity index (χ1) is 11.1. The van der Waals surface area contributed by atoms with Gasteiger partial charge in [0.1, 0.15) is 5.75 Å². The molecule has 4 rings (SSSR count). The Morgan fingerprint density at radius 3 is 2.74 bits per heavy atom. The monoisotopic (exact) mass is 306 g/mol. The molecular formula is C18H14N2O3. The van der Waals surface area contributed by atoms with Gasteiger partial charge in [0.15, 0.2) is 0 Å². The second-order valence-electron chi connectivity index (χ2n) is 5.63. The van der Waals surface area contributed by atoms with E-state index in [4.69, 9.17) is 0 Å². The van der Waals surface area contributed by atoms with Gasteiger partial charge in [-0.1, -0.05) is 24.3 Å². The van der Waals surface area contributed by atoms with Gasteiger partial charge in [-0.2, -0.15) is 0 Å². The Morgan fingerprint density at radius 1 is 1.09 bits per heavy atom. The molecule has 2 heterocycles. The number of rotatable bonds is 2. The lowest BCUT2D eigenvalue weighted by atomic mass is 9.97. The van der Waals surface area contributed by atoms with E-state index in [0.29, 0.717) is 5.69 Å². The number of H-pyrrole nitrogens is 1. The van der Waals surface area contributed by atoms with Crippen molar-refractivity contribution < 1.29 is 14.7 Å². The molecule has 1 aliphatic heterocycles. The first-order valence-electron chi connectivity index (χ1n) is 7.37. The number of carbonyl (C=O) groups is 2. The van der Waals surface area contributed by atoms with Gasteiger partial charge in [0, 0.05) is 29.6 Å². The first-order valence-corrected chi connectivity index (χ1v) is 7.37. The number of aromatic amines is 1. The lowest BCUT2D eigenvalue weighted by molar-refractivity contribution is -0.121. The number of hydrogen-bond acceptors (Lipinski definition) is 3. The number of fused-ring (bicyclic) bond motifs is 1. The number of hydrogen-bond donors (Lipinski definition) is 2. The Kier molecular flexibility index (Phi) is 2.94. The fourth-order valence-corrected chi connectivity index (χ4v) is 3.16. The number of anilines is 1. The molecule has 2 amide bonds. The van der Waals surface area contributed by atoms with Crippen LogP contribution < -0.4 is 4.90 Å². The maximum atomic E-state index is 12.8. The molecule has 0 bridgehead atoms. The van der Waals surface area contributed by atoms with Gasteiger partial charge in [0.25, 0.3) is 0 Å². The molecule has 2 aromatic carbocycles. The Bertz CT molecular complexity index is 929. The van der Waals surface area contributed by atoms with Gasteiger partial charge in [0.2, 0.25) is 11.8 Å². The van der Waals surface area contributed by atoms with E-state index < -0.39 is 5.92 Å². The number of nitrogens with zero attached hydrogens (tertiary/aromatic N) is 1. The smallest absolute Gasteiger partial charge is 0.241 e. The van der Waals surface area contributed by atoms with Crippen LogP contribution in [-0.4, -0.2) is 21.9 Å². The maximum absolute atomic E-state index is 12.8. The minimum atomic E-state index is -0.499. The fraction of sp³-hybridized carbons (Fsp3) is 0.111. The maximum Gasteiger partial charge on any atom is 0.241 e. The molecular weight excluding hydrogens is 292 g/mol. The predicted molar refractivity (Wildman–Crippen MR) is 86.3 cm³/mol. The van der Waals surface area contributed by atoms with Crippen LogP contribution in [0.3, 0.4) is 0 Å². The van der Waals surface area contributed by atoms with Gasteiger partial charge < -0.3 is 10.1 Å². The quantitative estimate of drug-likeness (QED) is 0.715. The summed E-state index contributed by atoms with van der Waals surface area (Å²) in [4.78, 5) is 29.4. The zero-order valence-corrected chi connectivity index (χ0v) is 12.2. The van der Waals surface area contributed by atoms with Crippen LogP contribution >= 0.6 is 0 Å². The van der Waals surface area contributed by atoms with Crippen molar-refractivity contribution in [3.05, 3.63) is 60.3 Å². The fourth-order valence-electron chi connectivity index (χ4n) is 3.16. The number of aromatic hydroxyl groups is 1. The summed E-state index contributed by atoms with van der Waals surface area (Å²) in [7, 11) is 0. The van der Waals surface area contributed by atoms with Crippen molar-refractivity contribution in [3.63, 3.8) is 0 Å². The number of carbonyl (C=O) groups excluding carboxylic acids is 2. The van der Waals surface area contributed by atoms with Crippen molar-refractivity contribution in [2.24, 2.45) is 0 Å². The summed E-state index contributed by atoms with van der Waals surface area (Å²) in [6.07, 6.45) is 1.93. The zero-order valence-electron chi connectivity index (χ0n) is 12.2. The van der Waals surface area contributed by atoms with E-state index in [2.05, 4.69) is 4.98 Å². The van der Waals surface area contributed by atoms with E-state index in [9.17, 15) is 14.7 Å². The average Bonchev–Trinajstić information content (AvgIpc) is 3.08. The number of phenolic OH excluding ortho intramolecular Hbond substituents is 1. The third-order valence-corrected chi connectivity index (χ3v) is 4.23. The van der Waals surface area contributed by atoms with Crippen LogP contribution in [0.2, 0.25) is 0 Å². The standard InChI is InChI=1S/C18H14N2O3/c21-12-5-3-4-11(8-12)20-17(22)9-14(18(20)23)15-10-19-16-7-2-1-6-13(15)16/h1-8,10,14,19,21H,9H2. The largest absolute Gasteiger partial charge is 0.508 e. The first kappa shape index (κ1) is 13.6. The Morgan fingerprint density at radius 2 is 1.91 bits per heavy atom. The molecule has 1 aliphatic rings. The molecule has 1 atom stereocenters. The highest BCUT2D eigenvalue weighted by atomic mass is 16.3. The van der Waals surface area contributed by atoms with E-state index in [-0.39, 0.29) is 24.0 Å². The summed E-state index contributed by atoms with van der Waals surface area (Å²) in [6, 6.07) is 13.9. The molecule has 5 nitrogen and oxygen atoms in total. The molecule has 5 heteroatoms. The van der Waals surface area contributed by atoms with Crippen LogP contribution in [0.4, 0.5) is 5.69 Å². The molecule has 3 aromatic rings. The molecule has 114 valence electrons. The van der Waals surface area contributed by atoms with Gasteiger partial charge in [-0.25, -0.2) is 4.90 Å². The number of aromatic nitrogens is 1. The Balaban J connectivity index is 1.75. The molecule has 0 saturated carbocycles. The minimum absolute atomic E-state index is 0.0265. The number of para-hydroxylation sites is 1. The predicted octanol–water partition coefficient (Wildman–Crippen LogP) is 2.92. The van der Waals surface area contributed by atoms with Gasteiger partial charge >= 0.3 is 0 Å². The molecule has 23 heavy (non-hydrogen) atoms. The van der Waals surface area contributed by atoms with Gasteiger partial charge in [-0.15, -0.1) is 0 Å². The molecule has 1 saturated heterocycles. The minimum Gasteiger partial charge on any atom is -0.508 e. The third kappa shape index (κ3) is 2.09. The summed E-state index contributed by atoms with van der Waals surface area (Å²) in [6.45, 7) is 0. The van der Waals surface area contributed by atoms with Gasteiger partial charge in [-0.3, -0.25) is 9.59 Å². The molecule has 0 spiro atoms. The highest BCUT2D eigenvalue weighted by Gasteiger charge is 2.41. The molecule has 0 aliphatic carbocycles. The van der Waals surface area contributed by atoms with Gasteiger partial charge in [-0.05, 0) is 23.8 Å². The van der Waals surface area contributed by atoms with Crippen molar-refractivity contribution in [1.82, 2.24) is 4.98 Å². The van der Waals surface area contributed by atoms with Crippen LogP contribution in [-0.2, 0) is 9.59 Å². The molecule has 0 radical (unpaired) electrons. The van der Waals surface area contributed by atoms with E-state index in [0.717, 1.165) is 21.4 Å². The third-order valence-electron chi connectivity index (χ3n) is 4.23. The van der Waals surface area contributed by atoms with E-state index >= 15 is 0 Å². The van der Waals surface area contributed by atoms with E-state index in [1.807, 2.05) is 24.3 Å². The summed E-state index contributed by atoms with van der Waals surface area (Å²) >= 11 is 0. The normalized spacial score (nSPS) is 18.1. The van der Waals surface area contributed by atoms with Gasteiger partial charge in [0.05, 0.1) is 11.6 Å². The zero-order chi connectivity index (χ0) is 16.0.